The van der Waals surface area contributed by atoms with Crippen LogP contribution in [0.15, 0.2) is 30.3 Å². The summed E-state index contributed by atoms with van der Waals surface area (Å²) >= 11 is 0. The molecule has 22 heavy (non-hydrogen) atoms. The lowest BCUT2D eigenvalue weighted by Gasteiger charge is -2.26. The average molecular weight is 303 g/mol. The Morgan fingerprint density at radius 2 is 1.41 bits per heavy atom. The molecule has 0 heteroatoms. The first-order chi connectivity index (χ1) is 10.5. The van der Waals surface area contributed by atoms with Crippen molar-refractivity contribution >= 4 is 0 Å². The summed E-state index contributed by atoms with van der Waals surface area (Å²) in [6.45, 7) is 9.59. The third-order valence-corrected chi connectivity index (χ3v) is 5.08. The number of unbranched alkanes of at least 4 members (excludes halogenated alkanes) is 6. The number of hydrogen-bond acceptors (Lipinski definition) is 0. The zero-order chi connectivity index (χ0) is 16.3. The molecule has 0 radical (unpaired) electrons. The maximum absolute atomic E-state index is 2.46. The molecule has 0 N–H and O–H groups in total. The van der Waals surface area contributed by atoms with Gasteiger partial charge in [-0.3, -0.25) is 0 Å². The number of rotatable bonds is 12. The first-order valence-electron chi connectivity index (χ1n) is 9.60. The lowest BCUT2D eigenvalue weighted by Crippen LogP contribution is -2.12. The van der Waals surface area contributed by atoms with Gasteiger partial charge in [0.25, 0.3) is 0 Å². The minimum absolute atomic E-state index is 0.506. The van der Waals surface area contributed by atoms with Crippen molar-refractivity contribution in [2.75, 3.05) is 0 Å². The summed E-state index contributed by atoms with van der Waals surface area (Å²) in [5.74, 6) is 0.689. The third kappa shape index (κ3) is 8.61. The Hall–Kier alpha value is -0.780. The van der Waals surface area contributed by atoms with Crippen molar-refractivity contribution in [3.05, 3.63) is 35.9 Å². The predicted molar refractivity (Wildman–Crippen MR) is 100 cm³/mol. The normalized spacial score (nSPS) is 13.3. The average Bonchev–Trinajstić information content (AvgIpc) is 2.52. The smallest absolute Gasteiger partial charge is 0.0190 e. The fourth-order valence-corrected chi connectivity index (χ4v) is 3.24. The molecule has 0 saturated heterocycles. The summed E-state index contributed by atoms with van der Waals surface area (Å²) in [7, 11) is 0. The van der Waals surface area contributed by atoms with E-state index in [1.165, 1.54) is 69.8 Å². The summed E-state index contributed by atoms with van der Waals surface area (Å²) in [5, 5.41) is 0. The van der Waals surface area contributed by atoms with Crippen molar-refractivity contribution in [3.63, 3.8) is 0 Å². The van der Waals surface area contributed by atoms with E-state index in [0.29, 0.717) is 11.3 Å². The molecule has 0 fully saturated rings. The molecule has 126 valence electrons. The maximum Gasteiger partial charge on any atom is -0.0190 e. The fourth-order valence-electron chi connectivity index (χ4n) is 3.24. The van der Waals surface area contributed by atoms with E-state index in [-0.39, 0.29) is 0 Å². The van der Waals surface area contributed by atoms with Crippen LogP contribution in [0, 0.1) is 5.41 Å². The van der Waals surface area contributed by atoms with E-state index in [0.717, 1.165) is 0 Å². The second-order valence-electron chi connectivity index (χ2n) is 7.89. The van der Waals surface area contributed by atoms with E-state index in [1.807, 2.05) is 0 Å². The summed E-state index contributed by atoms with van der Waals surface area (Å²) in [6.07, 6.45) is 14.0. The molecule has 0 aliphatic heterocycles. The molecule has 0 amide bonds. The van der Waals surface area contributed by atoms with Crippen LogP contribution in [0.1, 0.15) is 103 Å². The molecule has 0 nitrogen and oxygen atoms in total. The highest BCUT2D eigenvalue weighted by Gasteiger charge is 2.18. The second kappa shape index (κ2) is 10.9. The molecule has 0 saturated carbocycles. The predicted octanol–water partition coefficient (Wildman–Crippen LogP) is 7.74. The quantitative estimate of drug-likeness (QED) is 0.346. The Bertz CT molecular complexity index is 363. The van der Waals surface area contributed by atoms with Gasteiger partial charge in [0.15, 0.2) is 0 Å². The zero-order valence-electron chi connectivity index (χ0n) is 15.5. The maximum atomic E-state index is 2.46. The van der Waals surface area contributed by atoms with Gasteiger partial charge in [-0.1, -0.05) is 103 Å². The third-order valence-electron chi connectivity index (χ3n) is 5.08. The SMILES string of the molecule is CCCCCCCCCC(C)(C)CCC(C)c1ccccc1. The van der Waals surface area contributed by atoms with Crippen LogP contribution in [0.4, 0.5) is 0 Å². The van der Waals surface area contributed by atoms with Gasteiger partial charge in [0.1, 0.15) is 0 Å². The van der Waals surface area contributed by atoms with Crippen molar-refractivity contribution in [2.24, 2.45) is 5.41 Å². The lowest BCUT2D eigenvalue weighted by molar-refractivity contribution is 0.279. The standard InChI is InChI=1S/C22H38/c1-5-6-7-8-9-10-14-18-22(3,4)19-17-20(2)21-15-12-11-13-16-21/h11-13,15-16,20H,5-10,14,17-19H2,1-4H3. The van der Waals surface area contributed by atoms with Crippen LogP contribution in [-0.2, 0) is 0 Å². The van der Waals surface area contributed by atoms with Gasteiger partial charge in [0, 0.05) is 0 Å². The molecular weight excluding hydrogens is 264 g/mol. The Balaban J connectivity index is 2.15. The molecule has 1 rings (SSSR count). The summed E-state index contributed by atoms with van der Waals surface area (Å²) in [4.78, 5) is 0. The largest absolute Gasteiger partial charge is 0.0654 e. The van der Waals surface area contributed by atoms with Gasteiger partial charge in [0.05, 0.1) is 0 Å². The second-order valence-corrected chi connectivity index (χ2v) is 7.89. The van der Waals surface area contributed by atoms with Crippen LogP contribution in [0.5, 0.6) is 0 Å². The summed E-state index contributed by atoms with van der Waals surface area (Å²) in [6, 6.07) is 11.0. The minimum Gasteiger partial charge on any atom is -0.0654 e. The molecule has 0 spiro atoms. The molecular formula is C22H38. The van der Waals surface area contributed by atoms with E-state index in [9.17, 15) is 0 Å². The molecule has 0 heterocycles. The van der Waals surface area contributed by atoms with Crippen LogP contribution in [0.3, 0.4) is 0 Å². The molecule has 0 bridgehead atoms. The van der Waals surface area contributed by atoms with Gasteiger partial charge in [-0.05, 0) is 36.2 Å². The van der Waals surface area contributed by atoms with E-state index in [2.05, 4.69) is 58.0 Å². The fraction of sp³-hybridized carbons (Fsp3) is 0.727. The number of benzene rings is 1. The molecule has 1 aromatic rings. The molecule has 1 atom stereocenters. The monoisotopic (exact) mass is 302 g/mol. The van der Waals surface area contributed by atoms with Crippen LogP contribution in [-0.4, -0.2) is 0 Å². The van der Waals surface area contributed by atoms with E-state index in [1.54, 1.807) is 0 Å². The van der Waals surface area contributed by atoms with Crippen molar-refractivity contribution < 1.29 is 0 Å². The summed E-state index contributed by atoms with van der Waals surface area (Å²) < 4.78 is 0. The van der Waals surface area contributed by atoms with Crippen molar-refractivity contribution in [3.8, 4) is 0 Å². The van der Waals surface area contributed by atoms with Gasteiger partial charge < -0.3 is 0 Å². The van der Waals surface area contributed by atoms with E-state index >= 15 is 0 Å². The topological polar surface area (TPSA) is 0 Å². The first-order valence-corrected chi connectivity index (χ1v) is 9.60. The minimum atomic E-state index is 0.506. The van der Waals surface area contributed by atoms with Gasteiger partial charge in [-0.2, -0.15) is 0 Å². The lowest BCUT2D eigenvalue weighted by atomic mass is 9.79. The number of hydrogen-bond donors (Lipinski definition) is 0. The van der Waals surface area contributed by atoms with Crippen molar-refractivity contribution in [2.45, 2.75) is 97.8 Å². The van der Waals surface area contributed by atoms with Crippen LogP contribution in [0.25, 0.3) is 0 Å². The molecule has 0 aliphatic carbocycles. The highest BCUT2D eigenvalue weighted by Crippen LogP contribution is 2.33. The Morgan fingerprint density at radius 1 is 0.818 bits per heavy atom. The van der Waals surface area contributed by atoms with Crippen LogP contribution in [0.2, 0.25) is 0 Å². The van der Waals surface area contributed by atoms with E-state index < -0.39 is 0 Å². The molecule has 1 aromatic carbocycles. The van der Waals surface area contributed by atoms with Gasteiger partial charge in [0.2, 0.25) is 0 Å². The molecule has 0 aromatic heterocycles. The Labute approximate surface area is 139 Å². The van der Waals surface area contributed by atoms with Crippen molar-refractivity contribution in [1.82, 2.24) is 0 Å². The Kier molecular flexibility index (Phi) is 9.52. The van der Waals surface area contributed by atoms with Gasteiger partial charge in [-0.25, -0.2) is 0 Å². The highest BCUT2D eigenvalue weighted by molar-refractivity contribution is 5.18. The molecule has 1 unspecified atom stereocenters. The zero-order valence-corrected chi connectivity index (χ0v) is 15.5. The Morgan fingerprint density at radius 3 is 2.05 bits per heavy atom. The van der Waals surface area contributed by atoms with Crippen molar-refractivity contribution in [1.29, 1.82) is 0 Å². The van der Waals surface area contributed by atoms with Gasteiger partial charge in [-0.15, -0.1) is 0 Å². The van der Waals surface area contributed by atoms with E-state index in [4.69, 9.17) is 0 Å². The highest BCUT2D eigenvalue weighted by atomic mass is 14.2. The van der Waals surface area contributed by atoms with Gasteiger partial charge >= 0.3 is 0 Å². The molecule has 0 aliphatic rings. The first kappa shape index (κ1) is 19.3. The van der Waals surface area contributed by atoms with Crippen LogP contribution < -0.4 is 0 Å². The van der Waals surface area contributed by atoms with Crippen LogP contribution >= 0.6 is 0 Å². The summed E-state index contributed by atoms with van der Waals surface area (Å²) in [5.41, 5.74) is 2.00.